The molecule has 2 aliphatic rings. The first-order valence-electron chi connectivity index (χ1n) is 9.20. The van der Waals surface area contributed by atoms with Gasteiger partial charge in [-0.15, -0.1) is 0 Å². The van der Waals surface area contributed by atoms with Gasteiger partial charge in [-0.05, 0) is 48.8 Å². The fourth-order valence-electron chi connectivity index (χ4n) is 3.68. The highest BCUT2D eigenvalue weighted by Gasteiger charge is 2.33. The number of carbonyl (C=O) groups is 2. The molecule has 0 saturated heterocycles. The third-order valence-electron chi connectivity index (χ3n) is 5.17. The van der Waals surface area contributed by atoms with Gasteiger partial charge in [-0.25, -0.2) is 9.59 Å². The number of hydrogen-bond acceptors (Lipinski definition) is 6. The maximum absolute atomic E-state index is 12.2. The number of ether oxygens (including phenoxy) is 4. The number of fused-ring (bicyclic) bond motifs is 1. The van der Waals surface area contributed by atoms with E-state index in [0.29, 0.717) is 34.8 Å². The molecule has 1 saturated carbocycles. The Balaban J connectivity index is 1.52. The summed E-state index contributed by atoms with van der Waals surface area (Å²) in [5.74, 6) is 1.36. The maximum atomic E-state index is 12.2. The summed E-state index contributed by atoms with van der Waals surface area (Å²) in [7, 11) is 0. The van der Waals surface area contributed by atoms with Crippen molar-refractivity contribution < 1.29 is 28.5 Å². The Kier molecular flexibility index (Phi) is 5.69. The number of rotatable bonds is 5. The van der Waals surface area contributed by atoms with Crippen LogP contribution in [0.3, 0.4) is 0 Å². The van der Waals surface area contributed by atoms with Gasteiger partial charge in [0.25, 0.3) is 0 Å². The van der Waals surface area contributed by atoms with Crippen LogP contribution in [-0.4, -0.2) is 31.4 Å². The van der Waals surface area contributed by atoms with Gasteiger partial charge in [-0.2, -0.15) is 0 Å². The minimum Gasteiger partial charge on any atom is -0.460 e. The Labute approximate surface area is 153 Å². The van der Waals surface area contributed by atoms with Crippen LogP contribution in [0.15, 0.2) is 18.2 Å². The standard InChI is InChI=1S/C20H26O6/c1-12(2)15-6-4-13(3)8-17(15)26-19(21)10-23-20(22)14-5-7-16-18(9-14)25-11-24-16/h5,7,9,12-13,15,17H,4,6,8,10-11H2,1-3H3/t13-,15+,17+/m1/s1. The second kappa shape index (κ2) is 7.98. The van der Waals surface area contributed by atoms with Crippen LogP contribution in [0.25, 0.3) is 0 Å². The van der Waals surface area contributed by atoms with E-state index < -0.39 is 11.9 Å². The fraction of sp³-hybridized carbons (Fsp3) is 0.600. The van der Waals surface area contributed by atoms with Crippen LogP contribution in [0.4, 0.5) is 0 Å². The maximum Gasteiger partial charge on any atom is 0.344 e. The van der Waals surface area contributed by atoms with Crippen molar-refractivity contribution in [2.24, 2.45) is 17.8 Å². The zero-order chi connectivity index (χ0) is 18.7. The Morgan fingerprint density at radius 3 is 2.73 bits per heavy atom. The largest absolute Gasteiger partial charge is 0.460 e. The van der Waals surface area contributed by atoms with E-state index in [2.05, 4.69) is 20.8 Å². The Morgan fingerprint density at radius 1 is 1.19 bits per heavy atom. The van der Waals surface area contributed by atoms with Crippen molar-refractivity contribution in [3.05, 3.63) is 23.8 Å². The van der Waals surface area contributed by atoms with Gasteiger partial charge in [0.15, 0.2) is 18.1 Å². The molecule has 26 heavy (non-hydrogen) atoms. The molecule has 142 valence electrons. The average Bonchev–Trinajstić information content (AvgIpc) is 3.07. The summed E-state index contributed by atoms with van der Waals surface area (Å²) in [6, 6.07) is 4.78. The van der Waals surface area contributed by atoms with Crippen LogP contribution in [0.1, 0.15) is 50.4 Å². The molecule has 0 aromatic heterocycles. The molecule has 0 bridgehead atoms. The second-order valence-corrected chi connectivity index (χ2v) is 7.50. The molecule has 0 spiro atoms. The number of benzene rings is 1. The second-order valence-electron chi connectivity index (χ2n) is 7.50. The highest BCUT2D eigenvalue weighted by Crippen LogP contribution is 2.35. The zero-order valence-corrected chi connectivity index (χ0v) is 15.5. The first-order valence-corrected chi connectivity index (χ1v) is 9.20. The average molecular weight is 362 g/mol. The summed E-state index contributed by atoms with van der Waals surface area (Å²) in [6.07, 6.45) is 2.99. The van der Waals surface area contributed by atoms with Crippen molar-refractivity contribution in [1.82, 2.24) is 0 Å². The molecule has 0 amide bonds. The molecule has 1 aromatic rings. The third-order valence-corrected chi connectivity index (χ3v) is 5.17. The molecule has 1 fully saturated rings. The Bertz CT molecular complexity index is 668. The zero-order valence-electron chi connectivity index (χ0n) is 15.5. The predicted molar refractivity (Wildman–Crippen MR) is 94.1 cm³/mol. The molecule has 1 aliphatic heterocycles. The fourth-order valence-corrected chi connectivity index (χ4v) is 3.68. The molecule has 0 radical (unpaired) electrons. The topological polar surface area (TPSA) is 71.1 Å². The normalized spacial score (nSPS) is 24.4. The molecule has 3 rings (SSSR count). The lowest BCUT2D eigenvalue weighted by Crippen LogP contribution is -2.36. The summed E-state index contributed by atoms with van der Waals surface area (Å²) in [6.45, 7) is 6.24. The van der Waals surface area contributed by atoms with Gasteiger partial charge in [-0.1, -0.05) is 27.2 Å². The van der Waals surface area contributed by atoms with E-state index in [9.17, 15) is 9.59 Å². The molecule has 0 unspecified atom stereocenters. The first kappa shape index (κ1) is 18.5. The molecule has 0 N–H and O–H groups in total. The van der Waals surface area contributed by atoms with Crippen LogP contribution in [0, 0.1) is 17.8 Å². The van der Waals surface area contributed by atoms with Crippen molar-refractivity contribution >= 4 is 11.9 Å². The van der Waals surface area contributed by atoms with Gasteiger partial charge in [-0.3, -0.25) is 0 Å². The summed E-state index contributed by atoms with van der Waals surface area (Å²) in [4.78, 5) is 24.3. The lowest BCUT2D eigenvalue weighted by molar-refractivity contribution is -0.159. The summed E-state index contributed by atoms with van der Waals surface area (Å²) in [5.41, 5.74) is 0.313. The lowest BCUT2D eigenvalue weighted by atomic mass is 9.75. The van der Waals surface area contributed by atoms with Crippen LogP contribution in [0.5, 0.6) is 11.5 Å². The van der Waals surface area contributed by atoms with E-state index in [1.807, 2.05) is 0 Å². The van der Waals surface area contributed by atoms with Gasteiger partial charge < -0.3 is 18.9 Å². The van der Waals surface area contributed by atoms with Gasteiger partial charge in [0.2, 0.25) is 6.79 Å². The summed E-state index contributed by atoms with van der Waals surface area (Å²) < 4.78 is 21.2. The van der Waals surface area contributed by atoms with Crippen molar-refractivity contribution in [3.8, 4) is 11.5 Å². The molecule has 1 heterocycles. The van der Waals surface area contributed by atoms with Crippen molar-refractivity contribution in [3.63, 3.8) is 0 Å². The van der Waals surface area contributed by atoms with Gasteiger partial charge >= 0.3 is 11.9 Å². The third kappa shape index (κ3) is 4.29. The summed E-state index contributed by atoms with van der Waals surface area (Å²) >= 11 is 0. The van der Waals surface area contributed by atoms with E-state index >= 15 is 0 Å². The van der Waals surface area contributed by atoms with E-state index in [0.717, 1.165) is 19.3 Å². The highest BCUT2D eigenvalue weighted by atomic mass is 16.7. The number of esters is 2. The van der Waals surface area contributed by atoms with Crippen LogP contribution in [0.2, 0.25) is 0 Å². The van der Waals surface area contributed by atoms with Crippen LogP contribution < -0.4 is 9.47 Å². The van der Waals surface area contributed by atoms with Gasteiger partial charge in [0.05, 0.1) is 5.56 Å². The molecular formula is C20H26O6. The minimum absolute atomic E-state index is 0.101. The molecule has 6 heteroatoms. The van der Waals surface area contributed by atoms with E-state index in [4.69, 9.17) is 18.9 Å². The first-order chi connectivity index (χ1) is 12.4. The quantitative estimate of drug-likeness (QED) is 0.746. The number of carbonyl (C=O) groups excluding carboxylic acids is 2. The molecule has 3 atom stereocenters. The van der Waals surface area contributed by atoms with Crippen LogP contribution in [-0.2, 0) is 14.3 Å². The van der Waals surface area contributed by atoms with Gasteiger partial charge in [0.1, 0.15) is 6.10 Å². The lowest BCUT2D eigenvalue weighted by Gasteiger charge is -2.36. The number of hydrogen-bond donors (Lipinski definition) is 0. The smallest absolute Gasteiger partial charge is 0.344 e. The van der Waals surface area contributed by atoms with Crippen molar-refractivity contribution in [2.45, 2.75) is 46.1 Å². The predicted octanol–water partition coefficient (Wildman–Crippen LogP) is 3.58. The van der Waals surface area contributed by atoms with Crippen molar-refractivity contribution in [2.75, 3.05) is 13.4 Å². The van der Waals surface area contributed by atoms with E-state index in [1.54, 1.807) is 18.2 Å². The SMILES string of the molecule is CC(C)[C@@H]1CC[C@@H](C)C[C@@H]1OC(=O)COC(=O)c1ccc2c(c1)OCO2. The Hall–Kier alpha value is -2.24. The van der Waals surface area contributed by atoms with Gasteiger partial charge in [0, 0.05) is 0 Å². The Morgan fingerprint density at radius 2 is 1.96 bits per heavy atom. The summed E-state index contributed by atoms with van der Waals surface area (Å²) in [5, 5.41) is 0. The molecule has 1 aromatic carbocycles. The van der Waals surface area contributed by atoms with E-state index in [-0.39, 0.29) is 19.5 Å². The highest BCUT2D eigenvalue weighted by molar-refractivity contribution is 5.91. The van der Waals surface area contributed by atoms with E-state index in [1.165, 1.54) is 0 Å². The van der Waals surface area contributed by atoms with Crippen molar-refractivity contribution in [1.29, 1.82) is 0 Å². The minimum atomic E-state index is -0.585. The molecule has 6 nitrogen and oxygen atoms in total. The monoisotopic (exact) mass is 362 g/mol. The van der Waals surface area contributed by atoms with Crippen LogP contribution >= 0.6 is 0 Å². The molecular weight excluding hydrogens is 336 g/mol. The molecule has 1 aliphatic carbocycles.